The van der Waals surface area contributed by atoms with Crippen LogP contribution in [0.25, 0.3) is 0 Å². The Hall–Kier alpha value is -1.78. The minimum atomic E-state index is -1.58. The average Bonchev–Trinajstić information content (AvgIpc) is 2.92. The molecule has 3 aliphatic rings. The van der Waals surface area contributed by atoms with Gasteiger partial charge in [-0.15, -0.1) is 6.58 Å². The topological polar surface area (TPSA) is 18.5 Å². The Kier molecular flexibility index (Phi) is 10.8. The minimum absolute atomic E-state index is 0.170. The molecule has 198 valence electrons. The van der Waals surface area contributed by atoms with Crippen LogP contribution in [-0.4, -0.2) is 19.5 Å². The third-order valence-electron chi connectivity index (χ3n) is 8.88. The largest absolute Gasteiger partial charge is 0.349 e. The first-order valence-corrected chi connectivity index (χ1v) is 14.2. The van der Waals surface area contributed by atoms with Gasteiger partial charge in [-0.3, -0.25) is 0 Å². The van der Waals surface area contributed by atoms with Crippen LogP contribution in [0, 0.1) is 23.7 Å². The van der Waals surface area contributed by atoms with Crippen molar-refractivity contribution in [3.8, 4) is 0 Å². The van der Waals surface area contributed by atoms with E-state index in [0.29, 0.717) is 24.7 Å². The molecule has 1 aromatic carbocycles. The summed E-state index contributed by atoms with van der Waals surface area (Å²) in [5, 5.41) is 0. The Morgan fingerprint density at radius 1 is 0.778 bits per heavy atom. The van der Waals surface area contributed by atoms with Gasteiger partial charge < -0.3 is 9.47 Å². The molecule has 0 spiro atoms. The maximum Gasteiger partial charge on any atom is 0.266 e. The molecule has 2 aliphatic carbocycles. The molecule has 3 fully saturated rings. The summed E-state index contributed by atoms with van der Waals surface area (Å²) >= 11 is 0. The van der Waals surface area contributed by atoms with Gasteiger partial charge in [0.1, 0.15) is 0 Å². The Bertz CT molecular complexity index is 833. The number of unbranched alkanes of at least 4 members (excludes halogenated alkanes) is 1. The fourth-order valence-corrected chi connectivity index (χ4v) is 6.65. The fourth-order valence-electron chi connectivity index (χ4n) is 6.65. The number of halogens is 2. The van der Waals surface area contributed by atoms with Crippen LogP contribution in [0.3, 0.4) is 0 Å². The summed E-state index contributed by atoms with van der Waals surface area (Å²) < 4.78 is 36.4. The summed E-state index contributed by atoms with van der Waals surface area (Å²) in [6.07, 6.45) is 19.1. The van der Waals surface area contributed by atoms with Crippen LogP contribution in [-0.2, 0) is 15.9 Å². The van der Waals surface area contributed by atoms with Gasteiger partial charge >= 0.3 is 0 Å². The molecule has 2 nitrogen and oxygen atoms in total. The highest BCUT2D eigenvalue weighted by atomic mass is 19.3. The molecule has 0 amide bonds. The number of hydrogen-bond acceptors (Lipinski definition) is 2. The van der Waals surface area contributed by atoms with Crippen molar-refractivity contribution in [2.45, 2.75) is 89.3 Å². The second-order valence-electron chi connectivity index (χ2n) is 11.1. The Labute approximate surface area is 216 Å². The Morgan fingerprint density at radius 2 is 1.36 bits per heavy atom. The number of hydrogen-bond donors (Lipinski definition) is 0. The first-order valence-electron chi connectivity index (χ1n) is 14.2. The van der Waals surface area contributed by atoms with E-state index in [0.717, 1.165) is 55.4 Å². The van der Waals surface area contributed by atoms with Crippen LogP contribution >= 0.6 is 0 Å². The second kappa shape index (κ2) is 14.2. The van der Waals surface area contributed by atoms with Crippen molar-refractivity contribution in [3.05, 3.63) is 72.4 Å². The van der Waals surface area contributed by atoms with Gasteiger partial charge in [0.2, 0.25) is 0 Å². The molecule has 2 saturated carbocycles. The molecular formula is C32H44F2O2. The first-order chi connectivity index (χ1) is 17.6. The molecule has 1 heterocycles. The van der Waals surface area contributed by atoms with E-state index in [-0.39, 0.29) is 6.29 Å². The van der Waals surface area contributed by atoms with Crippen molar-refractivity contribution in [1.82, 2.24) is 0 Å². The second-order valence-corrected chi connectivity index (χ2v) is 11.1. The predicted molar refractivity (Wildman–Crippen MR) is 143 cm³/mol. The smallest absolute Gasteiger partial charge is 0.266 e. The van der Waals surface area contributed by atoms with E-state index in [9.17, 15) is 8.78 Å². The zero-order valence-electron chi connectivity index (χ0n) is 21.8. The summed E-state index contributed by atoms with van der Waals surface area (Å²) in [4.78, 5) is 0. The third-order valence-corrected chi connectivity index (χ3v) is 8.88. The summed E-state index contributed by atoms with van der Waals surface area (Å²) in [5.41, 5.74) is 2.57. The van der Waals surface area contributed by atoms with Gasteiger partial charge in [-0.2, -0.15) is 8.78 Å². The number of allylic oxidation sites excluding steroid dienone is 3. The maximum atomic E-state index is 12.2. The fraction of sp³-hybridized carbons (Fsp3) is 0.625. The molecule has 4 heteroatoms. The van der Waals surface area contributed by atoms with Crippen LogP contribution in [0.1, 0.15) is 87.7 Å². The standard InChI is InChI=1S/C32H44F2O2/c1-2-3-4-5-9-32-35-22-30(23-36-32)29-20-18-28(19-21-29)27-16-14-26(15-17-27)25-12-10-24(11-13-25)7-6-8-31(33)34/h2,5,8-13,26-30,32H,1,3-4,6-7,14-23H2. The number of ether oxygens (including phenoxy) is 2. The molecule has 0 radical (unpaired) electrons. The van der Waals surface area contributed by atoms with Gasteiger partial charge in [0.05, 0.1) is 13.2 Å². The van der Waals surface area contributed by atoms with E-state index in [2.05, 4.69) is 43.0 Å². The van der Waals surface area contributed by atoms with E-state index in [4.69, 9.17) is 9.47 Å². The summed E-state index contributed by atoms with van der Waals surface area (Å²) in [6, 6.07) is 8.73. The number of rotatable bonds is 10. The summed E-state index contributed by atoms with van der Waals surface area (Å²) in [7, 11) is 0. The average molecular weight is 499 g/mol. The van der Waals surface area contributed by atoms with Gasteiger partial charge in [-0.05, 0) is 124 Å². The van der Waals surface area contributed by atoms with Crippen LogP contribution < -0.4 is 0 Å². The van der Waals surface area contributed by atoms with Crippen LogP contribution in [0.2, 0.25) is 0 Å². The van der Waals surface area contributed by atoms with Crippen LogP contribution in [0.5, 0.6) is 0 Å². The highest BCUT2D eigenvalue weighted by Gasteiger charge is 2.35. The molecular weight excluding hydrogens is 454 g/mol. The monoisotopic (exact) mass is 498 g/mol. The number of aryl methyl sites for hydroxylation is 1. The van der Waals surface area contributed by atoms with Crippen molar-refractivity contribution >= 4 is 0 Å². The van der Waals surface area contributed by atoms with Crippen LogP contribution in [0.15, 0.2) is 61.2 Å². The van der Waals surface area contributed by atoms with Gasteiger partial charge in [0.15, 0.2) is 6.29 Å². The van der Waals surface area contributed by atoms with Crippen LogP contribution in [0.4, 0.5) is 8.78 Å². The highest BCUT2D eigenvalue weighted by molar-refractivity contribution is 5.26. The Balaban J connectivity index is 1.14. The lowest BCUT2D eigenvalue weighted by Crippen LogP contribution is -2.37. The van der Waals surface area contributed by atoms with Crippen molar-refractivity contribution in [2.75, 3.05) is 13.2 Å². The quantitative estimate of drug-likeness (QED) is 0.237. The molecule has 0 aromatic heterocycles. The van der Waals surface area contributed by atoms with E-state index in [1.165, 1.54) is 56.9 Å². The lowest BCUT2D eigenvalue weighted by atomic mass is 9.67. The third kappa shape index (κ3) is 8.11. The van der Waals surface area contributed by atoms with Crippen molar-refractivity contribution in [2.24, 2.45) is 23.7 Å². The van der Waals surface area contributed by atoms with Gasteiger partial charge in [-0.1, -0.05) is 36.4 Å². The Morgan fingerprint density at radius 3 is 1.94 bits per heavy atom. The van der Waals surface area contributed by atoms with E-state index in [1.807, 2.05) is 6.08 Å². The summed E-state index contributed by atoms with van der Waals surface area (Å²) in [5.74, 6) is 3.73. The zero-order valence-corrected chi connectivity index (χ0v) is 21.8. The molecule has 0 bridgehead atoms. The highest BCUT2D eigenvalue weighted by Crippen LogP contribution is 2.45. The van der Waals surface area contributed by atoms with Gasteiger partial charge in [0.25, 0.3) is 6.08 Å². The molecule has 4 rings (SSSR count). The normalized spacial score (nSPS) is 31.3. The molecule has 1 aliphatic heterocycles. The molecule has 0 atom stereocenters. The first kappa shape index (κ1) is 27.3. The SMILES string of the molecule is C=CCCC=CC1OCC(C2CCC(C3CCC(c4ccc(CCC=C(F)F)cc4)CC3)CC2)CO1. The molecule has 1 saturated heterocycles. The number of benzene rings is 1. The van der Waals surface area contributed by atoms with Gasteiger partial charge in [-0.25, -0.2) is 0 Å². The van der Waals surface area contributed by atoms with Crippen molar-refractivity contribution in [3.63, 3.8) is 0 Å². The zero-order chi connectivity index (χ0) is 25.2. The van der Waals surface area contributed by atoms with E-state index < -0.39 is 6.08 Å². The molecule has 0 N–H and O–H groups in total. The predicted octanol–water partition coefficient (Wildman–Crippen LogP) is 8.99. The van der Waals surface area contributed by atoms with E-state index in [1.54, 1.807) is 0 Å². The molecule has 1 aromatic rings. The summed E-state index contributed by atoms with van der Waals surface area (Å²) in [6.45, 7) is 5.42. The maximum absolute atomic E-state index is 12.2. The minimum Gasteiger partial charge on any atom is -0.349 e. The van der Waals surface area contributed by atoms with Crippen molar-refractivity contribution in [1.29, 1.82) is 0 Å². The van der Waals surface area contributed by atoms with Crippen molar-refractivity contribution < 1.29 is 18.3 Å². The van der Waals surface area contributed by atoms with E-state index >= 15 is 0 Å². The van der Waals surface area contributed by atoms with Gasteiger partial charge in [0, 0.05) is 5.92 Å². The molecule has 0 unspecified atom stereocenters. The lowest BCUT2D eigenvalue weighted by molar-refractivity contribution is -0.186. The lowest BCUT2D eigenvalue weighted by Gasteiger charge is -2.41. The molecule has 36 heavy (non-hydrogen) atoms.